The molecule has 0 aromatic heterocycles. The van der Waals surface area contributed by atoms with Crippen molar-refractivity contribution in [2.75, 3.05) is 4.90 Å². The Labute approximate surface area is 142 Å². The van der Waals surface area contributed by atoms with E-state index in [2.05, 4.69) is 12.1 Å². The molecule has 0 spiro atoms. The Morgan fingerprint density at radius 2 is 1.62 bits per heavy atom. The zero-order valence-electron chi connectivity index (χ0n) is 14.2. The van der Waals surface area contributed by atoms with Crippen molar-refractivity contribution in [1.29, 1.82) is 0 Å². The first-order chi connectivity index (χ1) is 11.5. The van der Waals surface area contributed by atoms with Gasteiger partial charge < -0.3 is 10.0 Å². The topological polar surface area (TPSA) is 23.5 Å². The van der Waals surface area contributed by atoms with Crippen molar-refractivity contribution in [3.63, 3.8) is 0 Å². The second-order valence-corrected chi connectivity index (χ2v) is 6.43. The van der Waals surface area contributed by atoms with Gasteiger partial charge in [0.2, 0.25) is 0 Å². The molecule has 3 aromatic carbocycles. The van der Waals surface area contributed by atoms with E-state index >= 15 is 0 Å². The van der Waals surface area contributed by atoms with E-state index in [0.717, 1.165) is 27.6 Å². The van der Waals surface area contributed by atoms with Gasteiger partial charge in [-0.05, 0) is 55.8 Å². The minimum atomic E-state index is -0.805. The number of benzene rings is 3. The number of aryl methyl sites for hydroxylation is 1. The molecule has 0 amide bonds. The van der Waals surface area contributed by atoms with Gasteiger partial charge in [-0.2, -0.15) is 0 Å². The van der Waals surface area contributed by atoms with Gasteiger partial charge in [0.25, 0.3) is 0 Å². The summed E-state index contributed by atoms with van der Waals surface area (Å²) in [5.41, 5.74) is 2.76. The molecule has 0 heterocycles. The van der Waals surface area contributed by atoms with Crippen LogP contribution in [0.4, 0.5) is 10.1 Å². The van der Waals surface area contributed by atoms with Gasteiger partial charge in [0, 0.05) is 17.3 Å². The summed E-state index contributed by atoms with van der Waals surface area (Å²) in [7, 11) is 0. The smallest absolute Gasteiger partial charge is 0.154 e. The van der Waals surface area contributed by atoms with E-state index < -0.39 is 6.23 Å². The minimum Gasteiger partial charge on any atom is -0.369 e. The number of fused-ring (bicyclic) bond motifs is 1. The number of hydrogen-bond acceptors (Lipinski definition) is 2. The summed E-state index contributed by atoms with van der Waals surface area (Å²) in [5.74, 6) is -0.280. The Balaban J connectivity index is 2.11. The lowest BCUT2D eigenvalue weighted by Crippen LogP contribution is -2.35. The second kappa shape index (κ2) is 6.62. The number of anilines is 1. The van der Waals surface area contributed by atoms with E-state index in [4.69, 9.17) is 0 Å². The zero-order chi connectivity index (χ0) is 17.3. The molecule has 0 fully saturated rings. The van der Waals surface area contributed by atoms with Crippen molar-refractivity contribution >= 4 is 16.5 Å². The zero-order valence-corrected chi connectivity index (χ0v) is 14.2. The van der Waals surface area contributed by atoms with Crippen molar-refractivity contribution in [2.24, 2.45) is 0 Å². The van der Waals surface area contributed by atoms with E-state index in [9.17, 15) is 9.50 Å². The van der Waals surface area contributed by atoms with E-state index in [1.165, 1.54) is 12.1 Å². The normalized spacial score (nSPS) is 12.6. The first-order valence-corrected chi connectivity index (χ1v) is 8.18. The molecule has 0 bridgehead atoms. The molecule has 3 heteroatoms. The van der Waals surface area contributed by atoms with Crippen molar-refractivity contribution in [3.05, 3.63) is 77.6 Å². The molecule has 0 aliphatic carbocycles. The Hall–Kier alpha value is -2.39. The van der Waals surface area contributed by atoms with Crippen molar-refractivity contribution in [1.82, 2.24) is 0 Å². The summed E-state index contributed by atoms with van der Waals surface area (Å²) in [6, 6.07) is 18.5. The van der Waals surface area contributed by atoms with Crippen LogP contribution in [0.5, 0.6) is 0 Å². The van der Waals surface area contributed by atoms with Crippen LogP contribution in [0.15, 0.2) is 60.7 Å². The second-order valence-electron chi connectivity index (χ2n) is 6.43. The third-order valence-electron chi connectivity index (χ3n) is 4.26. The van der Waals surface area contributed by atoms with Gasteiger partial charge in [0.1, 0.15) is 5.82 Å². The number of rotatable bonds is 4. The van der Waals surface area contributed by atoms with E-state index in [0.29, 0.717) is 0 Å². The predicted octanol–water partition coefficient (Wildman–Crippen LogP) is 5.19. The van der Waals surface area contributed by atoms with Crippen LogP contribution in [0.25, 0.3) is 10.8 Å². The van der Waals surface area contributed by atoms with E-state index in [1.807, 2.05) is 49.9 Å². The number of halogens is 1. The standard InChI is InChI=1S/C21H22FNO/c1-14(2)23(18-10-8-17(22)9-11-18)21(24)20-13-15(3)12-16-6-4-5-7-19(16)20/h4-14,21,24H,1-3H3. The fraction of sp³-hybridized carbons (Fsp3) is 0.238. The van der Waals surface area contributed by atoms with Crippen LogP contribution in [-0.4, -0.2) is 11.1 Å². The van der Waals surface area contributed by atoms with Gasteiger partial charge in [-0.15, -0.1) is 0 Å². The summed E-state index contributed by atoms with van der Waals surface area (Å²) in [6.07, 6.45) is -0.805. The van der Waals surface area contributed by atoms with Gasteiger partial charge in [-0.25, -0.2) is 4.39 Å². The number of aliphatic hydroxyl groups is 1. The first-order valence-electron chi connectivity index (χ1n) is 8.18. The predicted molar refractivity (Wildman–Crippen MR) is 97.7 cm³/mol. The average Bonchev–Trinajstić information content (AvgIpc) is 2.55. The molecule has 3 rings (SSSR count). The fourth-order valence-corrected chi connectivity index (χ4v) is 3.19. The van der Waals surface area contributed by atoms with Crippen LogP contribution >= 0.6 is 0 Å². The highest BCUT2D eigenvalue weighted by atomic mass is 19.1. The monoisotopic (exact) mass is 323 g/mol. The van der Waals surface area contributed by atoms with Gasteiger partial charge >= 0.3 is 0 Å². The Morgan fingerprint density at radius 1 is 0.958 bits per heavy atom. The van der Waals surface area contributed by atoms with Gasteiger partial charge in [-0.1, -0.05) is 42.0 Å². The molecule has 0 aliphatic rings. The molecule has 0 saturated heterocycles. The van der Waals surface area contributed by atoms with Crippen LogP contribution in [0.2, 0.25) is 0 Å². The fourth-order valence-electron chi connectivity index (χ4n) is 3.19. The van der Waals surface area contributed by atoms with Crippen molar-refractivity contribution < 1.29 is 9.50 Å². The molecule has 1 atom stereocenters. The lowest BCUT2D eigenvalue weighted by molar-refractivity contribution is 0.165. The molecule has 0 aliphatic heterocycles. The van der Waals surface area contributed by atoms with E-state index in [1.54, 1.807) is 12.1 Å². The maximum atomic E-state index is 13.3. The Kier molecular flexibility index (Phi) is 4.54. The molecular formula is C21H22FNO. The lowest BCUT2D eigenvalue weighted by Gasteiger charge is -2.34. The summed E-state index contributed by atoms with van der Waals surface area (Å²) >= 11 is 0. The molecule has 3 aromatic rings. The van der Waals surface area contributed by atoms with E-state index in [-0.39, 0.29) is 11.9 Å². The third-order valence-corrected chi connectivity index (χ3v) is 4.26. The lowest BCUT2D eigenvalue weighted by atomic mass is 9.99. The van der Waals surface area contributed by atoms with Gasteiger partial charge in [-0.3, -0.25) is 0 Å². The van der Waals surface area contributed by atoms with Crippen LogP contribution in [0.1, 0.15) is 31.2 Å². The highest BCUT2D eigenvalue weighted by molar-refractivity contribution is 5.87. The van der Waals surface area contributed by atoms with Gasteiger partial charge in [0.05, 0.1) is 0 Å². The van der Waals surface area contributed by atoms with Crippen LogP contribution < -0.4 is 4.90 Å². The maximum Gasteiger partial charge on any atom is 0.154 e. The minimum absolute atomic E-state index is 0.0599. The molecule has 0 radical (unpaired) electrons. The molecular weight excluding hydrogens is 301 g/mol. The number of nitrogens with zero attached hydrogens (tertiary/aromatic N) is 1. The van der Waals surface area contributed by atoms with Crippen LogP contribution in [-0.2, 0) is 0 Å². The molecule has 24 heavy (non-hydrogen) atoms. The number of aliphatic hydroxyl groups excluding tert-OH is 1. The molecule has 0 saturated carbocycles. The SMILES string of the molecule is Cc1cc(C(O)N(c2ccc(F)cc2)C(C)C)c2ccccc2c1. The quantitative estimate of drug-likeness (QED) is 0.668. The number of hydrogen-bond donors (Lipinski definition) is 1. The first kappa shape index (κ1) is 16.5. The molecule has 1 N–H and O–H groups in total. The van der Waals surface area contributed by atoms with Crippen molar-refractivity contribution in [3.8, 4) is 0 Å². The average molecular weight is 323 g/mol. The van der Waals surface area contributed by atoms with Gasteiger partial charge in [0.15, 0.2) is 6.23 Å². The van der Waals surface area contributed by atoms with Crippen LogP contribution in [0, 0.1) is 12.7 Å². The molecule has 1 unspecified atom stereocenters. The molecule has 124 valence electrons. The highest BCUT2D eigenvalue weighted by Crippen LogP contribution is 2.32. The highest BCUT2D eigenvalue weighted by Gasteiger charge is 2.23. The summed E-state index contributed by atoms with van der Waals surface area (Å²) in [4.78, 5) is 1.90. The maximum absolute atomic E-state index is 13.3. The Bertz CT molecular complexity index is 842. The summed E-state index contributed by atoms with van der Waals surface area (Å²) in [6.45, 7) is 6.06. The summed E-state index contributed by atoms with van der Waals surface area (Å²) < 4.78 is 13.3. The van der Waals surface area contributed by atoms with Crippen LogP contribution in [0.3, 0.4) is 0 Å². The summed E-state index contributed by atoms with van der Waals surface area (Å²) in [5, 5.41) is 13.3. The molecule has 2 nitrogen and oxygen atoms in total. The Morgan fingerprint density at radius 3 is 2.29 bits per heavy atom. The third kappa shape index (κ3) is 3.13. The van der Waals surface area contributed by atoms with Crippen molar-refractivity contribution in [2.45, 2.75) is 33.0 Å². The largest absolute Gasteiger partial charge is 0.369 e.